The molecule has 128 valence electrons. The fourth-order valence-electron chi connectivity index (χ4n) is 3.66. The summed E-state index contributed by atoms with van der Waals surface area (Å²) in [5, 5.41) is 10.7. The van der Waals surface area contributed by atoms with E-state index in [2.05, 4.69) is 4.90 Å². The van der Waals surface area contributed by atoms with E-state index in [1.165, 1.54) is 12.1 Å². The number of halogens is 1. The Morgan fingerprint density at radius 1 is 1.33 bits per heavy atom. The molecule has 3 atom stereocenters. The Hall–Kier alpha value is -1.96. The SMILES string of the molecule is N[C@H]1CCN(C[C@@H]2COc3c(F)ccc4ccc(=O)n2c34)C[C@H]1O. The second kappa shape index (κ2) is 5.84. The van der Waals surface area contributed by atoms with Gasteiger partial charge in [-0.25, -0.2) is 4.39 Å². The number of ether oxygens (including phenoxy) is 1. The molecule has 1 aromatic heterocycles. The molecule has 0 spiro atoms. The Kier molecular flexibility index (Phi) is 3.79. The molecule has 0 bridgehead atoms. The van der Waals surface area contributed by atoms with E-state index >= 15 is 0 Å². The molecule has 1 saturated heterocycles. The molecule has 2 aliphatic rings. The zero-order valence-corrected chi connectivity index (χ0v) is 13.2. The van der Waals surface area contributed by atoms with E-state index in [1.54, 1.807) is 16.7 Å². The van der Waals surface area contributed by atoms with Crippen LogP contribution in [0.4, 0.5) is 4.39 Å². The van der Waals surface area contributed by atoms with Crippen LogP contribution >= 0.6 is 0 Å². The fourth-order valence-corrected chi connectivity index (χ4v) is 3.66. The molecule has 1 aromatic carbocycles. The number of aromatic nitrogens is 1. The van der Waals surface area contributed by atoms with Crippen LogP contribution in [0.5, 0.6) is 5.75 Å². The summed E-state index contributed by atoms with van der Waals surface area (Å²) >= 11 is 0. The number of hydrogen-bond acceptors (Lipinski definition) is 5. The summed E-state index contributed by atoms with van der Waals surface area (Å²) in [6, 6.07) is 5.77. The molecule has 1 fully saturated rings. The molecule has 0 amide bonds. The third-order valence-electron chi connectivity index (χ3n) is 4.97. The van der Waals surface area contributed by atoms with Crippen molar-refractivity contribution in [3.63, 3.8) is 0 Å². The van der Waals surface area contributed by atoms with Crippen LogP contribution in [-0.4, -0.2) is 53.0 Å². The molecule has 2 aromatic rings. The van der Waals surface area contributed by atoms with Crippen molar-refractivity contribution >= 4 is 10.9 Å². The van der Waals surface area contributed by atoms with E-state index in [4.69, 9.17) is 10.5 Å². The summed E-state index contributed by atoms with van der Waals surface area (Å²) in [4.78, 5) is 14.5. The minimum absolute atomic E-state index is 0.141. The van der Waals surface area contributed by atoms with Crippen LogP contribution in [0.15, 0.2) is 29.1 Å². The van der Waals surface area contributed by atoms with Gasteiger partial charge >= 0.3 is 0 Å². The Labute approximate surface area is 138 Å². The van der Waals surface area contributed by atoms with Gasteiger partial charge in [0.2, 0.25) is 0 Å². The predicted molar refractivity (Wildman–Crippen MR) is 87.7 cm³/mol. The van der Waals surface area contributed by atoms with Gasteiger partial charge in [-0.15, -0.1) is 0 Å². The van der Waals surface area contributed by atoms with Gasteiger partial charge < -0.3 is 15.6 Å². The number of β-amino-alcohol motifs (C(OH)–C–C–N with tert-alkyl or cyclic N) is 1. The number of likely N-dealkylation sites (tertiary alicyclic amines) is 1. The summed E-state index contributed by atoms with van der Waals surface area (Å²) in [5.41, 5.74) is 6.18. The smallest absolute Gasteiger partial charge is 0.251 e. The molecule has 24 heavy (non-hydrogen) atoms. The van der Waals surface area contributed by atoms with Crippen LogP contribution < -0.4 is 16.0 Å². The number of piperidine rings is 1. The molecule has 4 rings (SSSR count). The summed E-state index contributed by atoms with van der Waals surface area (Å²) in [6.45, 7) is 2.01. The maximum atomic E-state index is 14.0. The first-order valence-corrected chi connectivity index (χ1v) is 8.17. The number of nitrogens with zero attached hydrogens (tertiary/aromatic N) is 2. The van der Waals surface area contributed by atoms with Crippen molar-refractivity contribution in [2.24, 2.45) is 5.73 Å². The maximum Gasteiger partial charge on any atom is 0.251 e. The van der Waals surface area contributed by atoms with Crippen LogP contribution in [-0.2, 0) is 0 Å². The number of hydrogen-bond donors (Lipinski definition) is 2. The van der Waals surface area contributed by atoms with Crippen LogP contribution in [0, 0.1) is 5.82 Å². The molecule has 2 aliphatic heterocycles. The van der Waals surface area contributed by atoms with Crippen molar-refractivity contribution in [1.82, 2.24) is 9.47 Å². The molecule has 0 saturated carbocycles. The van der Waals surface area contributed by atoms with Gasteiger partial charge in [-0.05, 0) is 31.2 Å². The second-order valence-corrected chi connectivity index (χ2v) is 6.60. The highest BCUT2D eigenvalue weighted by atomic mass is 19.1. The lowest BCUT2D eigenvalue weighted by atomic mass is 10.0. The fraction of sp³-hybridized carbons (Fsp3) is 0.471. The molecule has 0 radical (unpaired) electrons. The average molecular weight is 333 g/mol. The molecule has 7 heteroatoms. The summed E-state index contributed by atoms with van der Waals surface area (Å²) < 4.78 is 21.3. The largest absolute Gasteiger partial charge is 0.486 e. The first kappa shape index (κ1) is 15.6. The van der Waals surface area contributed by atoms with Gasteiger partial charge in [0.25, 0.3) is 5.56 Å². The van der Waals surface area contributed by atoms with Gasteiger partial charge in [-0.3, -0.25) is 14.3 Å². The minimum Gasteiger partial charge on any atom is -0.486 e. The molecular weight excluding hydrogens is 313 g/mol. The van der Waals surface area contributed by atoms with Crippen LogP contribution in [0.25, 0.3) is 10.9 Å². The number of rotatable bonds is 2. The van der Waals surface area contributed by atoms with Crippen molar-refractivity contribution in [2.75, 3.05) is 26.2 Å². The summed E-state index contributed by atoms with van der Waals surface area (Å²) in [5.74, 6) is -0.318. The van der Waals surface area contributed by atoms with Crippen LogP contribution in [0.1, 0.15) is 12.5 Å². The van der Waals surface area contributed by atoms with Crippen LogP contribution in [0.3, 0.4) is 0 Å². The molecule has 0 unspecified atom stereocenters. The lowest BCUT2D eigenvalue weighted by Crippen LogP contribution is -2.52. The number of benzene rings is 1. The zero-order chi connectivity index (χ0) is 16.8. The lowest BCUT2D eigenvalue weighted by Gasteiger charge is -2.37. The first-order chi connectivity index (χ1) is 11.5. The number of aliphatic hydroxyl groups excluding tert-OH is 1. The van der Waals surface area contributed by atoms with Crippen molar-refractivity contribution in [3.8, 4) is 5.75 Å². The van der Waals surface area contributed by atoms with Gasteiger partial charge in [0.05, 0.1) is 17.7 Å². The molecule has 3 N–H and O–H groups in total. The lowest BCUT2D eigenvalue weighted by molar-refractivity contribution is 0.0414. The highest BCUT2D eigenvalue weighted by molar-refractivity contribution is 5.85. The topological polar surface area (TPSA) is 80.7 Å². The number of nitrogens with two attached hydrogens (primary N) is 1. The monoisotopic (exact) mass is 333 g/mol. The Balaban J connectivity index is 1.71. The highest BCUT2D eigenvalue weighted by Crippen LogP contribution is 2.33. The van der Waals surface area contributed by atoms with E-state index in [-0.39, 0.29) is 30.0 Å². The molecule has 0 aliphatic carbocycles. The van der Waals surface area contributed by atoms with Gasteiger partial charge in [-0.2, -0.15) is 0 Å². The van der Waals surface area contributed by atoms with Crippen molar-refractivity contribution in [3.05, 3.63) is 40.4 Å². The summed E-state index contributed by atoms with van der Waals surface area (Å²) in [7, 11) is 0. The Morgan fingerprint density at radius 3 is 2.92 bits per heavy atom. The van der Waals surface area contributed by atoms with Gasteiger partial charge in [-0.1, -0.05) is 0 Å². The zero-order valence-electron chi connectivity index (χ0n) is 13.2. The average Bonchev–Trinajstić information content (AvgIpc) is 2.57. The van der Waals surface area contributed by atoms with Crippen molar-refractivity contribution < 1.29 is 14.2 Å². The van der Waals surface area contributed by atoms with E-state index in [0.29, 0.717) is 25.0 Å². The number of aliphatic hydroxyl groups is 1. The van der Waals surface area contributed by atoms with E-state index < -0.39 is 11.9 Å². The normalized spacial score (nSPS) is 27.2. The molecule has 6 nitrogen and oxygen atoms in total. The van der Waals surface area contributed by atoms with Gasteiger partial charge in [0.1, 0.15) is 6.61 Å². The number of pyridine rings is 1. The molecular formula is C17H20FN3O3. The van der Waals surface area contributed by atoms with Gasteiger partial charge in [0, 0.05) is 30.6 Å². The maximum absolute atomic E-state index is 14.0. The van der Waals surface area contributed by atoms with Crippen molar-refractivity contribution in [1.29, 1.82) is 0 Å². The quantitative estimate of drug-likeness (QED) is 0.835. The van der Waals surface area contributed by atoms with Crippen molar-refractivity contribution in [2.45, 2.75) is 24.6 Å². The Bertz CT molecular complexity index is 838. The third kappa shape index (κ3) is 2.49. The predicted octanol–water partition coefficient (Wildman–Crippen LogP) is 0.468. The van der Waals surface area contributed by atoms with E-state index in [0.717, 1.165) is 11.9 Å². The molecule has 3 heterocycles. The Morgan fingerprint density at radius 2 is 2.12 bits per heavy atom. The standard InChI is InChI=1S/C17H20FN3O3/c18-12-3-1-10-2-4-15(23)21-11(9-24-17(12)16(10)21)7-20-6-5-13(19)14(22)8-20/h1-4,11,13-14,22H,5-9,19H2/t11-,13+,14-/m1/s1. The minimum atomic E-state index is -0.569. The van der Waals surface area contributed by atoms with E-state index in [1.807, 2.05) is 0 Å². The second-order valence-electron chi connectivity index (χ2n) is 6.60. The summed E-state index contributed by atoms with van der Waals surface area (Å²) in [6.07, 6.45) is 0.138. The first-order valence-electron chi connectivity index (χ1n) is 8.17. The van der Waals surface area contributed by atoms with E-state index in [9.17, 15) is 14.3 Å². The highest BCUT2D eigenvalue weighted by Gasteiger charge is 2.30. The van der Waals surface area contributed by atoms with Gasteiger partial charge in [0.15, 0.2) is 11.6 Å². The third-order valence-corrected chi connectivity index (χ3v) is 4.97. The van der Waals surface area contributed by atoms with Crippen LogP contribution in [0.2, 0.25) is 0 Å².